The van der Waals surface area contributed by atoms with Gasteiger partial charge in [0.05, 0.1) is 6.20 Å². The molecular weight excluding hydrogens is 192 g/mol. The highest BCUT2D eigenvalue weighted by Gasteiger charge is 2.04. The highest BCUT2D eigenvalue weighted by Crippen LogP contribution is 1.96. The van der Waals surface area contributed by atoms with Gasteiger partial charge in [-0.1, -0.05) is 0 Å². The van der Waals surface area contributed by atoms with Crippen molar-refractivity contribution in [3.05, 3.63) is 18.0 Å². The van der Waals surface area contributed by atoms with Crippen LogP contribution in [0.5, 0.6) is 0 Å². The summed E-state index contributed by atoms with van der Waals surface area (Å²) in [7, 11) is 3.66. The lowest BCUT2D eigenvalue weighted by Crippen LogP contribution is -2.37. The van der Waals surface area contributed by atoms with Gasteiger partial charge in [0, 0.05) is 33.4 Å². The van der Waals surface area contributed by atoms with Gasteiger partial charge in [-0.05, 0) is 18.9 Å². The number of aryl methyl sites for hydroxylation is 1. The number of nitrogens with zero attached hydrogens (tertiary/aromatic N) is 3. The molecule has 2 amide bonds. The third-order valence-corrected chi connectivity index (χ3v) is 2.27. The second-order valence-electron chi connectivity index (χ2n) is 3.52. The molecule has 0 saturated carbocycles. The summed E-state index contributed by atoms with van der Waals surface area (Å²) in [5.74, 6) is 0. The molecule has 5 nitrogen and oxygen atoms in total. The lowest BCUT2D eigenvalue weighted by Gasteiger charge is -2.14. The first-order valence-electron chi connectivity index (χ1n) is 5.10. The highest BCUT2D eigenvalue weighted by molar-refractivity contribution is 5.73. The van der Waals surface area contributed by atoms with Crippen molar-refractivity contribution in [3.8, 4) is 0 Å². The maximum absolute atomic E-state index is 11.4. The fourth-order valence-corrected chi connectivity index (χ4v) is 1.19. The number of rotatable bonds is 4. The number of aromatic nitrogens is 2. The van der Waals surface area contributed by atoms with Gasteiger partial charge in [0.1, 0.15) is 0 Å². The van der Waals surface area contributed by atoms with Gasteiger partial charge in [0.15, 0.2) is 0 Å². The predicted octanol–water partition coefficient (Wildman–Crippen LogP) is 0.624. The van der Waals surface area contributed by atoms with Crippen LogP contribution in [0.1, 0.15) is 12.5 Å². The zero-order chi connectivity index (χ0) is 11.3. The van der Waals surface area contributed by atoms with Crippen LogP contribution in [0.3, 0.4) is 0 Å². The molecule has 5 heteroatoms. The Labute approximate surface area is 90.1 Å². The zero-order valence-electron chi connectivity index (χ0n) is 9.53. The standard InChI is InChI=1S/C10H18N4O/c1-4-13(2)10(15)11-6-5-9-7-12-14(3)8-9/h7-8H,4-6H2,1-3H3,(H,11,15). The minimum absolute atomic E-state index is 0.0265. The van der Waals surface area contributed by atoms with Crippen LogP contribution in [-0.4, -0.2) is 40.8 Å². The van der Waals surface area contributed by atoms with Gasteiger partial charge in [-0.2, -0.15) is 5.10 Å². The molecule has 84 valence electrons. The minimum atomic E-state index is -0.0265. The Morgan fingerprint density at radius 1 is 1.67 bits per heavy atom. The summed E-state index contributed by atoms with van der Waals surface area (Å²) in [5, 5.41) is 6.90. The summed E-state index contributed by atoms with van der Waals surface area (Å²) in [6.07, 6.45) is 4.59. The molecule has 0 aliphatic heterocycles. The highest BCUT2D eigenvalue weighted by atomic mass is 16.2. The second-order valence-corrected chi connectivity index (χ2v) is 3.52. The van der Waals surface area contributed by atoms with Crippen LogP contribution in [0.15, 0.2) is 12.4 Å². The van der Waals surface area contributed by atoms with E-state index in [1.54, 1.807) is 16.6 Å². The van der Waals surface area contributed by atoms with Crippen LogP contribution in [0.25, 0.3) is 0 Å². The Morgan fingerprint density at radius 2 is 2.40 bits per heavy atom. The molecule has 1 rings (SSSR count). The van der Waals surface area contributed by atoms with E-state index in [1.807, 2.05) is 26.4 Å². The molecule has 0 spiro atoms. The largest absolute Gasteiger partial charge is 0.338 e. The molecule has 0 unspecified atom stereocenters. The number of carbonyl (C=O) groups excluding carboxylic acids is 1. The van der Waals surface area contributed by atoms with E-state index in [-0.39, 0.29) is 6.03 Å². The van der Waals surface area contributed by atoms with E-state index in [0.29, 0.717) is 6.54 Å². The molecule has 0 atom stereocenters. The fraction of sp³-hybridized carbons (Fsp3) is 0.600. The maximum Gasteiger partial charge on any atom is 0.317 e. The number of amides is 2. The third-order valence-electron chi connectivity index (χ3n) is 2.27. The second kappa shape index (κ2) is 5.38. The summed E-state index contributed by atoms with van der Waals surface area (Å²) in [5.41, 5.74) is 1.14. The third kappa shape index (κ3) is 3.61. The summed E-state index contributed by atoms with van der Waals surface area (Å²) in [4.78, 5) is 13.0. The summed E-state index contributed by atoms with van der Waals surface area (Å²) in [6, 6.07) is -0.0265. The Morgan fingerprint density at radius 3 is 2.93 bits per heavy atom. The van der Waals surface area contributed by atoms with Crippen LogP contribution in [0.2, 0.25) is 0 Å². The molecule has 0 radical (unpaired) electrons. The number of urea groups is 1. The normalized spacial score (nSPS) is 10.1. The lowest BCUT2D eigenvalue weighted by molar-refractivity contribution is 0.211. The van der Waals surface area contributed by atoms with Crippen molar-refractivity contribution in [2.45, 2.75) is 13.3 Å². The molecule has 1 heterocycles. The number of hydrogen-bond acceptors (Lipinski definition) is 2. The fourth-order valence-electron chi connectivity index (χ4n) is 1.19. The van der Waals surface area contributed by atoms with Crippen molar-refractivity contribution in [2.24, 2.45) is 7.05 Å². The first-order valence-corrected chi connectivity index (χ1v) is 5.10. The van der Waals surface area contributed by atoms with Crippen molar-refractivity contribution < 1.29 is 4.79 Å². The van der Waals surface area contributed by atoms with Gasteiger partial charge < -0.3 is 10.2 Å². The summed E-state index contributed by atoms with van der Waals surface area (Å²) in [6.45, 7) is 3.31. The van der Waals surface area contributed by atoms with Crippen molar-refractivity contribution in [1.29, 1.82) is 0 Å². The minimum Gasteiger partial charge on any atom is -0.338 e. The predicted molar refractivity (Wildman–Crippen MR) is 58.6 cm³/mol. The van der Waals surface area contributed by atoms with Gasteiger partial charge in [-0.15, -0.1) is 0 Å². The molecule has 1 aromatic heterocycles. The average molecular weight is 210 g/mol. The van der Waals surface area contributed by atoms with Crippen LogP contribution >= 0.6 is 0 Å². The molecular formula is C10H18N4O. The van der Waals surface area contributed by atoms with Crippen molar-refractivity contribution in [1.82, 2.24) is 20.0 Å². The molecule has 0 aromatic carbocycles. The van der Waals surface area contributed by atoms with Gasteiger partial charge >= 0.3 is 6.03 Å². The Kier molecular flexibility index (Phi) is 4.15. The van der Waals surface area contributed by atoms with E-state index in [4.69, 9.17) is 0 Å². The first-order chi connectivity index (χ1) is 7.13. The maximum atomic E-state index is 11.4. The monoisotopic (exact) mass is 210 g/mol. The number of carbonyl (C=O) groups is 1. The average Bonchev–Trinajstić information content (AvgIpc) is 2.63. The Hall–Kier alpha value is -1.52. The van der Waals surface area contributed by atoms with E-state index >= 15 is 0 Å². The van der Waals surface area contributed by atoms with E-state index in [2.05, 4.69) is 10.4 Å². The molecule has 15 heavy (non-hydrogen) atoms. The van der Waals surface area contributed by atoms with Crippen LogP contribution in [-0.2, 0) is 13.5 Å². The smallest absolute Gasteiger partial charge is 0.317 e. The van der Waals surface area contributed by atoms with Crippen molar-refractivity contribution in [2.75, 3.05) is 20.1 Å². The van der Waals surface area contributed by atoms with E-state index in [0.717, 1.165) is 18.5 Å². The Bertz CT molecular complexity index is 321. The van der Waals surface area contributed by atoms with Crippen molar-refractivity contribution >= 4 is 6.03 Å². The molecule has 1 aromatic rings. The molecule has 0 saturated heterocycles. The van der Waals surface area contributed by atoms with Crippen LogP contribution in [0.4, 0.5) is 4.79 Å². The Balaban J connectivity index is 2.24. The number of hydrogen-bond donors (Lipinski definition) is 1. The molecule has 0 aliphatic carbocycles. The van der Waals surface area contributed by atoms with Gasteiger partial charge in [0.2, 0.25) is 0 Å². The van der Waals surface area contributed by atoms with Gasteiger partial charge in [0.25, 0.3) is 0 Å². The van der Waals surface area contributed by atoms with Crippen LogP contribution < -0.4 is 5.32 Å². The van der Waals surface area contributed by atoms with Gasteiger partial charge in [-0.3, -0.25) is 4.68 Å². The zero-order valence-corrected chi connectivity index (χ0v) is 9.53. The lowest BCUT2D eigenvalue weighted by atomic mass is 10.2. The summed E-state index contributed by atoms with van der Waals surface area (Å²) >= 11 is 0. The summed E-state index contributed by atoms with van der Waals surface area (Å²) < 4.78 is 1.76. The topological polar surface area (TPSA) is 50.2 Å². The van der Waals surface area contributed by atoms with Crippen LogP contribution in [0, 0.1) is 0 Å². The van der Waals surface area contributed by atoms with E-state index < -0.39 is 0 Å². The van der Waals surface area contributed by atoms with E-state index in [1.165, 1.54) is 0 Å². The van der Waals surface area contributed by atoms with E-state index in [9.17, 15) is 4.79 Å². The number of nitrogens with one attached hydrogen (secondary N) is 1. The molecule has 0 aliphatic rings. The first kappa shape index (κ1) is 11.6. The van der Waals surface area contributed by atoms with Crippen molar-refractivity contribution in [3.63, 3.8) is 0 Å². The molecule has 0 bridgehead atoms. The molecule has 0 fully saturated rings. The quantitative estimate of drug-likeness (QED) is 0.792. The molecule has 1 N–H and O–H groups in total. The van der Waals surface area contributed by atoms with Gasteiger partial charge in [-0.25, -0.2) is 4.79 Å². The SMILES string of the molecule is CCN(C)C(=O)NCCc1cnn(C)c1.